The van der Waals surface area contributed by atoms with Crippen LogP contribution in [0.4, 0.5) is 24.7 Å². The van der Waals surface area contributed by atoms with Crippen molar-refractivity contribution >= 4 is 11.5 Å². The van der Waals surface area contributed by atoms with Gasteiger partial charge >= 0.3 is 18.2 Å². The van der Waals surface area contributed by atoms with Crippen LogP contribution in [0, 0.1) is 10.1 Å². The Balaban J connectivity index is 0.974. The lowest BCUT2D eigenvalue weighted by molar-refractivity contribution is -0.389. The van der Waals surface area contributed by atoms with Gasteiger partial charge in [0, 0.05) is 55.4 Å². The van der Waals surface area contributed by atoms with E-state index in [1.807, 2.05) is 36.4 Å². The summed E-state index contributed by atoms with van der Waals surface area (Å²) in [5.41, 5.74) is 2.24. The van der Waals surface area contributed by atoms with E-state index in [0.717, 1.165) is 36.6 Å². The van der Waals surface area contributed by atoms with E-state index in [1.165, 1.54) is 30.5 Å². The first kappa shape index (κ1) is 32.0. The first-order valence-corrected chi connectivity index (χ1v) is 15.2. The summed E-state index contributed by atoms with van der Waals surface area (Å²) in [4.78, 5) is 19.2. The summed E-state index contributed by atoms with van der Waals surface area (Å²) in [7, 11) is 0. The molecule has 14 heteroatoms. The highest BCUT2D eigenvalue weighted by atomic mass is 19.4. The summed E-state index contributed by atoms with van der Waals surface area (Å²) >= 11 is 0. The number of nitro groups is 1. The Morgan fingerprint density at radius 3 is 2.21 bits per heavy atom. The number of piperazine rings is 1. The van der Waals surface area contributed by atoms with Gasteiger partial charge in [-0.05, 0) is 85.0 Å². The number of anilines is 1. The third-order valence-electron chi connectivity index (χ3n) is 8.20. The molecular weight excluding hydrogens is 619 g/mol. The molecule has 1 aromatic heterocycles. The van der Waals surface area contributed by atoms with Crippen LogP contribution in [-0.4, -0.2) is 63.6 Å². The molecule has 3 atom stereocenters. The Bertz CT molecular complexity index is 1660. The molecule has 1 fully saturated rings. The fraction of sp³-hybridized carbons (Fsp3) is 0.364. The molecule has 3 heterocycles. The second kappa shape index (κ2) is 13.4. The van der Waals surface area contributed by atoms with Crippen LogP contribution in [0.2, 0.25) is 0 Å². The van der Waals surface area contributed by atoms with Crippen molar-refractivity contribution in [2.45, 2.75) is 57.9 Å². The number of fused-ring (bicyclic) bond motifs is 1. The zero-order valence-corrected chi connectivity index (χ0v) is 25.8. The van der Waals surface area contributed by atoms with Gasteiger partial charge in [0.25, 0.3) is 0 Å². The molecule has 0 bridgehead atoms. The number of imidazole rings is 1. The Kier molecular flexibility index (Phi) is 9.12. The van der Waals surface area contributed by atoms with Crippen LogP contribution in [-0.2, 0) is 13.1 Å². The number of aromatic nitrogens is 2. The highest BCUT2D eigenvalue weighted by Gasteiger charge is 2.32. The molecule has 11 nitrogen and oxygen atoms in total. The van der Waals surface area contributed by atoms with Gasteiger partial charge in [-0.15, -0.1) is 13.2 Å². The molecule has 248 valence electrons. The molecule has 0 amide bonds. The maximum Gasteiger partial charge on any atom is 0.573 e. The predicted molar refractivity (Wildman–Crippen MR) is 166 cm³/mol. The average Bonchev–Trinajstić information content (AvgIpc) is 3.47. The lowest BCUT2D eigenvalue weighted by Crippen LogP contribution is -2.56. The Morgan fingerprint density at radius 1 is 0.915 bits per heavy atom. The minimum Gasteiger partial charge on any atom is -0.490 e. The highest BCUT2D eigenvalue weighted by Crippen LogP contribution is 2.30. The largest absolute Gasteiger partial charge is 0.573 e. The summed E-state index contributed by atoms with van der Waals surface area (Å²) in [6, 6.07) is 21.8. The second-order valence-electron chi connectivity index (χ2n) is 11.7. The topological polar surface area (TPSA) is 104 Å². The van der Waals surface area contributed by atoms with E-state index < -0.39 is 11.3 Å². The molecule has 0 N–H and O–H groups in total. The predicted octanol–water partition coefficient (Wildman–Crippen LogP) is 6.81. The molecule has 3 aromatic carbocycles. The molecule has 0 radical (unpaired) electrons. The lowest BCUT2D eigenvalue weighted by atomic mass is 10.1. The Labute approximate surface area is 269 Å². The van der Waals surface area contributed by atoms with Gasteiger partial charge in [0.1, 0.15) is 41.9 Å². The van der Waals surface area contributed by atoms with Crippen LogP contribution in [0.3, 0.4) is 0 Å². The molecule has 1 saturated heterocycles. The molecule has 0 saturated carbocycles. The Hall–Kier alpha value is -4.98. The number of alkyl halides is 3. The van der Waals surface area contributed by atoms with Crippen molar-refractivity contribution < 1.29 is 37.0 Å². The van der Waals surface area contributed by atoms with Crippen molar-refractivity contribution in [2.75, 3.05) is 24.6 Å². The van der Waals surface area contributed by atoms with Gasteiger partial charge in [0.2, 0.25) is 0 Å². The van der Waals surface area contributed by atoms with Gasteiger partial charge < -0.3 is 34.0 Å². The van der Waals surface area contributed by atoms with E-state index in [0.29, 0.717) is 37.1 Å². The number of hydrogen-bond donors (Lipinski definition) is 0. The van der Waals surface area contributed by atoms with E-state index in [-0.39, 0.29) is 29.7 Å². The maximum atomic E-state index is 12.4. The van der Waals surface area contributed by atoms with Crippen molar-refractivity contribution in [3.63, 3.8) is 0 Å². The summed E-state index contributed by atoms with van der Waals surface area (Å²) in [5.74, 6) is 1.19. The highest BCUT2D eigenvalue weighted by molar-refractivity contribution is 5.50. The summed E-state index contributed by atoms with van der Waals surface area (Å²) in [6.45, 7) is 7.81. The van der Waals surface area contributed by atoms with Crippen molar-refractivity contribution in [3.8, 4) is 29.0 Å². The first-order chi connectivity index (χ1) is 22.5. The van der Waals surface area contributed by atoms with Crippen LogP contribution >= 0.6 is 0 Å². The van der Waals surface area contributed by atoms with E-state index in [1.54, 1.807) is 4.57 Å². The number of aryl methyl sites for hydroxylation is 1. The molecule has 0 aliphatic carbocycles. The monoisotopic (exact) mass is 653 g/mol. The van der Waals surface area contributed by atoms with E-state index in [9.17, 15) is 23.3 Å². The van der Waals surface area contributed by atoms with Crippen molar-refractivity contribution in [1.82, 2.24) is 14.5 Å². The van der Waals surface area contributed by atoms with Crippen LogP contribution in [0.25, 0.3) is 0 Å². The fourth-order valence-electron chi connectivity index (χ4n) is 5.78. The summed E-state index contributed by atoms with van der Waals surface area (Å²) in [6.07, 6.45) is -2.93. The molecule has 4 aromatic rings. The van der Waals surface area contributed by atoms with Gasteiger partial charge in [-0.1, -0.05) is 12.1 Å². The van der Waals surface area contributed by atoms with Crippen LogP contribution < -0.4 is 23.8 Å². The fourth-order valence-corrected chi connectivity index (χ4v) is 5.78. The van der Waals surface area contributed by atoms with Crippen molar-refractivity contribution in [2.24, 2.45) is 0 Å². The number of halogens is 3. The summed E-state index contributed by atoms with van der Waals surface area (Å²) in [5, 5.41) is 11.0. The zero-order chi connectivity index (χ0) is 33.1. The molecule has 47 heavy (non-hydrogen) atoms. The normalized spacial score (nSPS) is 19.9. The third kappa shape index (κ3) is 8.06. The van der Waals surface area contributed by atoms with Gasteiger partial charge in [-0.2, -0.15) is 0 Å². The smallest absolute Gasteiger partial charge is 0.490 e. The van der Waals surface area contributed by atoms with Gasteiger partial charge in [-0.25, -0.2) is 0 Å². The van der Waals surface area contributed by atoms with Crippen LogP contribution in [0.5, 0.6) is 29.0 Å². The molecule has 1 unspecified atom stereocenters. The molecule has 0 spiro atoms. The zero-order valence-electron chi connectivity index (χ0n) is 25.8. The third-order valence-corrected chi connectivity index (χ3v) is 8.20. The van der Waals surface area contributed by atoms with Gasteiger partial charge in [-0.3, -0.25) is 9.47 Å². The van der Waals surface area contributed by atoms with E-state index >= 15 is 0 Å². The average molecular weight is 654 g/mol. The summed E-state index contributed by atoms with van der Waals surface area (Å²) < 4.78 is 60.3. The van der Waals surface area contributed by atoms with Crippen LogP contribution in [0.1, 0.15) is 25.8 Å². The van der Waals surface area contributed by atoms with Crippen molar-refractivity contribution in [3.05, 3.63) is 94.7 Å². The number of nitrogens with zero attached hydrogens (tertiary/aromatic N) is 5. The van der Waals surface area contributed by atoms with E-state index in [4.69, 9.17) is 14.2 Å². The number of benzene rings is 3. The van der Waals surface area contributed by atoms with Gasteiger partial charge in [0.05, 0.1) is 0 Å². The minimum absolute atomic E-state index is 0.225. The second-order valence-corrected chi connectivity index (χ2v) is 11.7. The van der Waals surface area contributed by atoms with Gasteiger partial charge in [0.15, 0.2) is 0 Å². The number of hydrogen-bond acceptors (Lipinski definition) is 9. The molecule has 6 rings (SSSR count). The molecular formula is C33H34F3N5O6. The standard InChI is InChI=1S/C33H34F3N5O6/c1-22-18-40(25-5-9-26(10-6-25)44-21-30-15-16-38-20-31(41(42)43)37-32(38)46-30)23(2)17-39(22)19-24-3-7-27(8-4-24)45-28-11-13-29(14-12-28)47-33(34,35)36/h3-14,20,22-23,30H,15-19,21H2,1-2H3/t22-,23+,30?/m1/s1. The van der Waals surface area contributed by atoms with Crippen molar-refractivity contribution in [1.29, 1.82) is 0 Å². The Morgan fingerprint density at radius 2 is 1.55 bits per heavy atom. The quantitative estimate of drug-likeness (QED) is 0.135. The number of ether oxygens (including phenoxy) is 4. The SMILES string of the molecule is C[C@@H]1CN(c2ccc(OCC3CCn4cc([N+](=O)[O-])nc4O3)cc2)[C@@H](C)CN1Cc1ccc(Oc2ccc(OC(F)(F)F)cc2)cc1. The first-order valence-electron chi connectivity index (χ1n) is 15.2. The minimum atomic E-state index is -4.74. The number of rotatable bonds is 10. The maximum absolute atomic E-state index is 12.4. The molecule has 2 aliphatic rings. The molecule has 2 aliphatic heterocycles. The van der Waals surface area contributed by atoms with E-state index in [2.05, 4.69) is 45.5 Å². The lowest BCUT2D eigenvalue weighted by Gasteiger charge is -2.45. The van der Waals surface area contributed by atoms with Crippen LogP contribution in [0.15, 0.2) is 79.0 Å².